The van der Waals surface area contributed by atoms with Crippen LogP contribution in [0.1, 0.15) is 31.7 Å². The Labute approximate surface area is 151 Å². The minimum atomic E-state index is -0.530. The van der Waals surface area contributed by atoms with Crippen molar-refractivity contribution in [1.29, 1.82) is 0 Å². The predicted molar refractivity (Wildman–Crippen MR) is 103 cm³/mol. The molecule has 0 aliphatic heterocycles. The summed E-state index contributed by atoms with van der Waals surface area (Å²) in [5.74, 6) is 0.513. The Balaban J connectivity index is 2.03. The molecule has 0 heterocycles. The molecule has 0 aliphatic rings. The number of nitrogens with one attached hydrogen (secondary N) is 2. The smallest absolute Gasteiger partial charge is 0.289 e. The van der Waals surface area contributed by atoms with Crippen molar-refractivity contribution >= 4 is 46.0 Å². The zero-order valence-electron chi connectivity index (χ0n) is 13.4. The maximum absolute atomic E-state index is 10.9. The Kier molecular flexibility index (Phi) is 6.11. The second-order valence-corrected chi connectivity index (χ2v) is 6.25. The number of benzene rings is 2. The van der Waals surface area contributed by atoms with E-state index in [0.29, 0.717) is 16.7 Å². The number of nitro groups is 1. The van der Waals surface area contributed by atoms with E-state index in [1.165, 1.54) is 17.7 Å². The molecular formula is C17H18ClN3O2S. The van der Waals surface area contributed by atoms with Crippen LogP contribution in [0.3, 0.4) is 0 Å². The molecule has 0 bridgehead atoms. The van der Waals surface area contributed by atoms with E-state index in [1.54, 1.807) is 6.07 Å². The van der Waals surface area contributed by atoms with Gasteiger partial charge in [0.2, 0.25) is 0 Å². The first-order valence-electron chi connectivity index (χ1n) is 7.52. The first-order valence-corrected chi connectivity index (χ1v) is 8.31. The second-order valence-electron chi connectivity index (χ2n) is 5.43. The third-order valence-electron chi connectivity index (χ3n) is 3.75. The first kappa shape index (κ1) is 18.2. The molecule has 0 spiro atoms. The maximum atomic E-state index is 10.9. The van der Waals surface area contributed by atoms with Crippen molar-refractivity contribution in [3.05, 3.63) is 63.2 Å². The van der Waals surface area contributed by atoms with Crippen LogP contribution in [0.2, 0.25) is 5.02 Å². The van der Waals surface area contributed by atoms with Gasteiger partial charge in [-0.15, -0.1) is 0 Å². The highest BCUT2D eigenvalue weighted by molar-refractivity contribution is 7.80. The number of hydrogen-bond acceptors (Lipinski definition) is 3. The van der Waals surface area contributed by atoms with Crippen molar-refractivity contribution in [2.45, 2.75) is 26.2 Å². The highest BCUT2D eigenvalue weighted by Gasteiger charge is 2.13. The third-order valence-corrected chi connectivity index (χ3v) is 4.27. The Morgan fingerprint density at radius 3 is 2.38 bits per heavy atom. The van der Waals surface area contributed by atoms with Gasteiger partial charge in [0, 0.05) is 17.4 Å². The van der Waals surface area contributed by atoms with Crippen LogP contribution >= 0.6 is 23.8 Å². The van der Waals surface area contributed by atoms with E-state index in [9.17, 15) is 10.1 Å². The summed E-state index contributed by atoms with van der Waals surface area (Å²) in [6.45, 7) is 4.34. The minimum absolute atomic E-state index is 0.0880. The summed E-state index contributed by atoms with van der Waals surface area (Å²) in [7, 11) is 0. The molecule has 2 rings (SSSR count). The summed E-state index contributed by atoms with van der Waals surface area (Å²) in [4.78, 5) is 10.4. The number of halogens is 1. The van der Waals surface area contributed by atoms with Gasteiger partial charge >= 0.3 is 0 Å². The summed E-state index contributed by atoms with van der Waals surface area (Å²) in [6.07, 6.45) is 1.09. The topological polar surface area (TPSA) is 67.2 Å². The van der Waals surface area contributed by atoms with Gasteiger partial charge in [-0.1, -0.05) is 37.6 Å². The number of hydrogen-bond donors (Lipinski definition) is 2. The van der Waals surface area contributed by atoms with Gasteiger partial charge in [0.1, 0.15) is 5.02 Å². The van der Waals surface area contributed by atoms with Crippen LogP contribution in [0.15, 0.2) is 42.5 Å². The van der Waals surface area contributed by atoms with E-state index in [0.717, 1.165) is 12.1 Å². The first-order chi connectivity index (χ1) is 11.4. The molecular weight excluding hydrogens is 346 g/mol. The van der Waals surface area contributed by atoms with Crippen molar-refractivity contribution in [3.8, 4) is 0 Å². The third kappa shape index (κ3) is 4.66. The van der Waals surface area contributed by atoms with Crippen LogP contribution in [0.5, 0.6) is 0 Å². The molecule has 0 amide bonds. The fourth-order valence-corrected chi connectivity index (χ4v) is 2.58. The molecule has 1 atom stereocenters. The van der Waals surface area contributed by atoms with Gasteiger partial charge in [-0.05, 0) is 54.4 Å². The summed E-state index contributed by atoms with van der Waals surface area (Å²) >= 11 is 11.0. The molecule has 5 nitrogen and oxygen atoms in total. The monoisotopic (exact) mass is 363 g/mol. The summed E-state index contributed by atoms with van der Waals surface area (Å²) in [6, 6.07) is 12.5. The van der Waals surface area contributed by atoms with E-state index in [2.05, 4.69) is 36.6 Å². The van der Waals surface area contributed by atoms with E-state index in [-0.39, 0.29) is 10.7 Å². The van der Waals surface area contributed by atoms with Gasteiger partial charge < -0.3 is 10.6 Å². The standard InChI is InChI=1S/C17H18ClN3O2S/c1-3-11(2)12-4-6-13(7-5-12)19-17(24)20-14-8-9-15(18)16(10-14)21(22)23/h4-11H,3H2,1-2H3,(H2,19,20,24). The predicted octanol–water partition coefficient (Wildman–Crippen LogP) is 5.57. The fraction of sp³-hybridized carbons (Fsp3) is 0.235. The molecule has 126 valence electrons. The number of thiocarbonyl (C=S) groups is 1. The molecule has 0 fully saturated rings. The number of nitrogens with zero attached hydrogens (tertiary/aromatic N) is 1. The van der Waals surface area contributed by atoms with Crippen molar-refractivity contribution in [3.63, 3.8) is 0 Å². The van der Waals surface area contributed by atoms with Gasteiger partial charge in [-0.2, -0.15) is 0 Å². The number of nitro benzene ring substituents is 1. The van der Waals surface area contributed by atoms with Crippen LogP contribution in [0.4, 0.5) is 17.1 Å². The number of rotatable bonds is 5. The van der Waals surface area contributed by atoms with Crippen LogP contribution in [-0.2, 0) is 0 Å². The summed E-state index contributed by atoms with van der Waals surface area (Å²) < 4.78 is 0. The van der Waals surface area contributed by atoms with Crippen LogP contribution in [-0.4, -0.2) is 10.0 Å². The SMILES string of the molecule is CCC(C)c1ccc(NC(=S)Nc2ccc(Cl)c([N+](=O)[O-])c2)cc1. The lowest BCUT2D eigenvalue weighted by molar-refractivity contribution is -0.384. The Bertz CT molecular complexity index is 750. The van der Waals surface area contributed by atoms with Crippen molar-refractivity contribution < 1.29 is 4.92 Å². The van der Waals surface area contributed by atoms with Crippen molar-refractivity contribution in [1.82, 2.24) is 0 Å². The maximum Gasteiger partial charge on any atom is 0.289 e. The van der Waals surface area contributed by atoms with Crippen LogP contribution in [0.25, 0.3) is 0 Å². The van der Waals surface area contributed by atoms with E-state index in [4.69, 9.17) is 23.8 Å². The molecule has 1 unspecified atom stereocenters. The largest absolute Gasteiger partial charge is 0.332 e. The van der Waals surface area contributed by atoms with Gasteiger partial charge in [-0.3, -0.25) is 10.1 Å². The lowest BCUT2D eigenvalue weighted by atomic mass is 9.99. The fourth-order valence-electron chi connectivity index (χ4n) is 2.15. The van der Waals surface area contributed by atoms with Gasteiger partial charge in [0.15, 0.2) is 5.11 Å². The molecule has 2 aromatic carbocycles. The summed E-state index contributed by atoms with van der Waals surface area (Å²) in [5.41, 5.74) is 2.46. The number of anilines is 2. The lowest BCUT2D eigenvalue weighted by Gasteiger charge is -2.13. The molecule has 0 radical (unpaired) electrons. The highest BCUT2D eigenvalue weighted by Crippen LogP contribution is 2.27. The van der Waals surface area contributed by atoms with Crippen molar-refractivity contribution in [2.24, 2.45) is 0 Å². The average Bonchev–Trinajstić information content (AvgIpc) is 2.56. The van der Waals surface area contributed by atoms with E-state index >= 15 is 0 Å². The molecule has 0 saturated heterocycles. The molecule has 0 aliphatic carbocycles. The van der Waals surface area contributed by atoms with Crippen LogP contribution < -0.4 is 10.6 Å². The van der Waals surface area contributed by atoms with Gasteiger partial charge in [0.25, 0.3) is 5.69 Å². The highest BCUT2D eigenvalue weighted by atomic mass is 35.5. The molecule has 0 aromatic heterocycles. The average molecular weight is 364 g/mol. The molecule has 2 N–H and O–H groups in total. The second kappa shape index (κ2) is 8.08. The Morgan fingerprint density at radius 1 is 1.21 bits per heavy atom. The lowest BCUT2D eigenvalue weighted by Crippen LogP contribution is -2.19. The molecule has 0 saturated carbocycles. The van der Waals surface area contributed by atoms with E-state index in [1.807, 2.05) is 12.1 Å². The Hall–Kier alpha value is -2.18. The molecule has 7 heteroatoms. The van der Waals surface area contributed by atoms with Gasteiger partial charge in [-0.25, -0.2) is 0 Å². The normalized spacial score (nSPS) is 11.6. The minimum Gasteiger partial charge on any atom is -0.332 e. The zero-order chi connectivity index (χ0) is 17.7. The molecule has 2 aromatic rings. The zero-order valence-corrected chi connectivity index (χ0v) is 14.9. The van der Waals surface area contributed by atoms with E-state index < -0.39 is 4.92 Å². The summed E-state index contributed by atoms with van der Waals surface area (Å²) in [5, 5.41) is 17.3. The molecule has 24 heavy (non-hydrogen) atoms. The van der Waals surface area contributed by atoms with Crippen molar-refractivity contribution in [2.75, 3.05) is 10.6 Å². The quantitative estimate of drug-likeness (QED) is 0.413. The Morgan fingerprint density at radius 2 is 1.79 bits per heavy atom. The van der Waals surface area contributed by atoms with Gasteiger partial charge in [0.05, 0.1) is 4.92 Å². The van der Waals surface area contributed by atoms with Crippen LogP contribution in [0, 0.1) is 10.1 Å².